The number of nitriles is 1. The van der Waals surface area contributed by atoms with Crippen LogP contribution in [-0.2, 0) is 19.5 Å². The highest BCUT2D eigenvalue weighted by Crippen LogP contribution is 2.14. The predicted molar refractivity (Wildman–Crippen MR) is 84.2 cm³/mol. The highest BCUT2D eigenvalue weighted by molar-refractivity contribution is 7.89. The molecule has 8 nitrogen and oxygen atoms in total. The van der Waals surface area contributed by atoms with Gasteiger partial charge in [0.05, 0.1) is 37.5 Å². The van der Waals surface area contributed by atoms with Crippen LogP contribution in [0.4, 0.5) is 4.79 Å². The number of rotatable bonds is 5. The van der Waals surface area contributed by atoms with Gasteiger partial charge in [-0.2, -0.15) is 5.26 Å². The van der Waals surface area contributed by atoms with Gasteiger partial charge in [0.25, 0.3) is 0 Å². The molecule has 9 heteroatoms. The van der Waals surface area contributed by atoms with Gasteiger partial charge in [0.2, 0.25) is 10.0 Å². The van der Waals surface area contributed by atoms with Crippen molar-refractivity contribution in [1.82, 2.24) is 9.62 Å². The molecule has 1 saturated heterocycles. The molecule has 132 valence electrons. The van der Waals surface area contributed by atoms with Crippen molar-refractivity contribution in [3.05, 3.63) is 0 Å². The van der Waals surface area contributed by atoms with Gasteiger partial charge in [0.15, 0.2) is 0 Å². The lowest BCUT2D eigenvalue weighted by Gasteiger charge is -2.34. The molecular formula is C14H25N3O5S. The predicted octanol–water partition coefficient (Wildman–Crippen LogP) is 0.844. The fraction of sp³-hybridized carbons (Fsp3) is 0.857. The first-order valence-corrected chi connectivity index (χ1v) is 9.14. The van der Waals surface area contributed by atoms with Crippen LogP contribution in [0.2, 0.25) is 0 Å². The van der Waals surface area contributed by atoms with Crippen LogP contribution < -0.4 is 4.72 Å². The van der Waals surface area contributed by atoms with Crippen LogP contribution in [0.3, 0.4) is 0 Å². The molecule has 1 aliphatic rings. The Morgan fingerprint density at radius 3 is 2.74 bits per heavy atom. The van der Waals surface area contributed by atoms with Gasteiger partial charge in [-0.25, -0.2) is 17.9 Å². The minimum absolute atomic E-state index is 0.0921. The van der Waals surface area contributed by atoms with Crippen LogP contribution in [0.15, 0.2) is 0 Å². The number of hydrogen-bond donors (Lipinski definition) is 1. The maximum absolute atomic E-state index is 12.1. The van der Waals surface area contributed by atoms with Gasteiger partial charge < -0.3 is 14.4 Å². The zero-order chi connectivity index (χ0) is 17.7. The van der Waals surface area contributed by atoms with E-state index in [1.54, 1.807) is 27.7 Å². The van der Waals surface area contributed by atoms with E-state index in [4.69, 9.17) is 14.7 Å². The first-order chi connectivity index (χ1) is 10.5. The Morgan fingerprint density at radius 2 is 2.17 bits per heavy atom. The third-order valence-electron chi connectivity index (χ3n) is 2.97. The van der Waals surface area contributed by atoms with E-state index < -0.39 is 33.9 Å². The average Bonchev–Trinajstić information content (AvgIpc) is 2.35. The number of ether oxygens (including phenoxy) is 2. The van der Waals surface area contributed by atoms with Gasteiger partial charge in [-0.15, -0.1) is 0 Å². The zero-order valence-corrected chi connectivity index (χ0v) is 14.9. The SMILES string of the molecule is C[C@@H](CC#N)NS(=O)(=O)C[C@H]1CN(C(=O)OC(C)(C)C)CCO1. The molecule has 0 saturated carbocycles. The molecule has 1 aliphatic heterocycles. The summed E-state index contributed by atoms with van der Waals surface area (Å²) in [5.74, 6) is -0.262. The Balaban J connectivity index is 2.58. The topological polar surface area (TPSA) is 109 Å². The number of sulfonamides is 1. The number of carbonyl (C=O) groups is 1. The van der Waals surface area contributed by atoms with E-state index in [9.17, 15) is 13.2 Å². The number of carbonyl (C=O) groups excluding carboxylic acids is 1. The van der Waals surface area contributed by atoms with E-state index >= 15 is 0 Å². The van der Waals surface area contributed by atoms with Gasteiger partial charge >= 0.3 is 6.09 Å². The van der Waals surface area contributed by atoms with Gasteiger partial charge in [-0.3, -0.25) is 0 Å². The molecule has 0 aromatic rings. The molecule has 1 rings (SSSR count). The van der Waals surface area contributed by atoms with Gasteiger partial charge in [-0.1, -0.05) is 0 Å². The zero-order valence-electron chi connectivity index (χ0n) is 14.0. The molecule has 1 amide bonds. The van der Waals surface area contributed by atoms with E-state index in [0.717, 1.165) is 0 Å². The quantitative estimate of drug-likeness (QED) is 0.789. The maximum atomic E-state index is 12.1. The molecule has 1 heterocycles. The Hall–Kier alpha value is -1.37. The molecule has 0 aromatic heterocycles. The minimum Gasteiger partial charge on any atom is -0.444 e. The van der Waals surface area contributed by atoms with Gasteiger partial charge in [0, 0.05) is 12.6 Å². The molecule has 0 aromatic carbocycles. The lowest BCUT2D eigenvalue weighted by molar-refractivity contribution is -0.0343. The second-order valence-corrected chi connectivity index (χ2v) is 8.38. The summed E-state index contributed by atoms with van der Waals surface area (Å²) >= 11 is 0. The lowest BCUT2D eigenvalue weighted by atomic mass is 10.2. The molecule has 23 heavy (non-hydrogen) atoms. The van der Waals surface area contributed by atoms with Crippen molar-refractivity contribution < 1.29 is 22.7 Å². The van der Waals surface area contributed by atoms with Crippen LogP contribution in [0, 0.1) is 11.3 Å². The van der Waals surface area contributed by atoms with Crippen LogP contribution in [0.1, 0.15) is 34.1 Å². The van der Waals surface area contributed by atoms with Crippen LogP contribution in [-0.4, -0.2) is 62.6 Å². The molecule has 2 atom stereocenters. The fourth-order valence-electron chi connectivity index (χ4n) is 2.09. The second-order valence-electron chi connectivity index (χ2n) is 6.58. The molecule has 0 spiro atoms. The van der Waals surface area contributed by atoms with Crippen molar-refractivity contribution in [1.29, 1.82) is 5.26 Å². The number of amides is 1. The fourth-order valence-corrected chi connectivity index (χ4v) is 3.57. The third-order valence-corrected chi connectivity index (χ3v) is 4.55. The van der Waals surface area contributed by atoms with E-state index in [0.29, 0.717) is 6.54 Å². The summed E-state index contributed by atoms with van der Waals surface area (Å²) in [5.41, 5.74) is -0.606. The number of nitrogens with one attached hydrogen (secondary N) is 1. The van der Waals surface area contributed by atoms with Crippen LogP contribution >= 0.6 is 0 Å². The minimum atomic E-state index is -3.59. The normalized spacial score (nSPS) is 20.7. The lowest BCUT2D eigenvalue weighted by Crippen LogP contribution is -2.50. The molecular weight excluding hydrogens is 322 g/mol. The summed E-state index contributed by atoms with van der Waals surface area (Å²) in [6.45, 7) is 7.71. The third kappa shape index (κ3) is 7.63. The van der Waals surface area contributed by atoms with Crippen molar-refractivity contribution >= 4 is 16.1 Å². The van der Waals surface area contributed by atoms with Crippen molar-refractivity contribution in [2.45, 2.75) is 51.9 Å². The van der Waals surface area contributed by atoms with Gasteiger partial charge in [0.1, 0.15) is 5.60 Å². The van der Waals surface area contributed by atoms with E-state index in [-0.39, 0.29) is 25.3 Å². The van der Waals surface area contributed by atoms with E-state index in [1.807, 2.05) is 6.07 Å². The molecule has 1 N–H and O–H groups in total. The molecule has 0 radical (unpaired) electrons. The summed E-state index contributed by atoms with van der Waals surface area (Å²) in [4.78, 5) is 13.5. The average molecular weight is 347 g/mol. The first-order valence-electron chi connectivity index (χ1n) is 7.49. The molecule has 0 unspecified atom stereocenters. The molecule has 1 fully saturated rings. The number of nitrogens with zero attached hydrogens (tertiary/aromatic N) is 2. The maximum Gasteiger partial charge on any atom is 0.410 e. The smallest absolute Gasteiger partial charge is 0.410 e. The van der Waals surface area contributed by atoms with Crippen LogP contribution in [0.25, 0.3) is 0 Å². The summed E-state index contributed by atoms with van der Waals surface area (Å²) in [5, 5.41) is 8.58. The number of hydrogen-bond acceptors (Lipinski definition) is 6. The molecule has 0 aliphatic carbocycles. The van der Waals surface area contributed by atoms with Crippen molar-refractivity contribution in [2.24, 2.45) is 0 Å². The largest absolute Gasteiger partial charge is 0.444 e. The van der Waals surface area contributed by atoms with E-state index in [1.165, 1.54) is 4.90 Å². The second kappa shape index (κ2) is 7.95. The Bertz CT molecular complexity index is 550. The Morgan fingerprint density at radius 1 is 1.52 bits per heavy atom. The standard InChI is InChI=1S/C14H25N3O5S/c1-11(5-6-15)16-23(19,20)10-12-9-17(7-8-21-12)13(18)22-14(2,3)4/h11-12,16H,5,7-10H2,1-4H3/t11-,12+/m0/s1. The summed E-state index contributed by atoms with van der Waals surface area (Å²) in [7, 11) is -3.59. The van der Waals surface area contributed by atoms with E-state index in [2.05, 4.69) is 4.72 Å². The summed E-state index contributed by atoms with van der Waals surface area (Å²) < 4.78 is 37.2. The summed E-state index contributed by atoms with van der Waals surface area (Å²) in [6.07, 6.45) is -1.01. The molecule has 0 bridgehead atoms. The monoisotopic (exact) mass is 347 g/mol. The Labute approximate surface area is 137 Å². The van der Waals surface area contributed by atoms with Crippen molar-refractivity contribution in [3.63, 3.8) is 0 Å². The Kier molecular flexibility index (Phi) is 6.80. The highest BCUT2D eigenvalue weighted by atomic mass is 32.2. The number of morpholine rings is 1. The highest BCUT2D eigenvalue weighted by Gasteiger charge is 2.31. The van der Waals surface area contributed by atoms with Gasteiger partial charge in [-0.05, 0) is 27.7 Å². The van der Waals surface area contributed by atoms with Crippen molar-refractivity contribution in [2.75, 3.05) is 25.4 Å². The summed E-state index contributed by atoms with van der Waals surface area (Å²) in [6, 6.07) is 1.45. The van der Waals surface area contributed by atoms with Crippen LogP contribution in [0.5, 0.6) is 0 Å². The van der Waals surface area contributed by atoms with Crippen molar-refractivity contribution in [3.8, 4) is 6.07 Å². The first kappa shape index (κ1) is 19.7.